The quantitative estimate of drug-likeness (QED) is 0.391. The molecular formula is C26H25FN2O5. The molecule has 1 aliphatic heterocycles. The van der Waals surface area contributed by atoms with Gasteiger partial charge in [-0.2, -0.15) is 0 Å². The third-order valence-corrected chi connectivity index (χ3v) is 5.79. The molecule has 0 atom stereocenters. The van der Waals surface area contributed by atoms with Gasteiger partial charge in [-0.3, -0.25) is 14.5 Å². The van der Waals surface area contributed by atoms with Crippen LogP contribution in [0.1, 0.15) is 33.4 Å². The lowest BCUT2D eigenvalue weighted by molar-refractivity contribution is -0.136. The molecule has 0 spiro atoms. The molecule has 0 radical (unpaired) electrons. The van der Waals surface area contributed by atoms with E-state index in [4.69, 9.17) is 9.15 Å². The second-order valence-corrected chi connectivity index (χ2v) is 8.12. The van der Waals surface area contributed by atoms with Crippen molar-refractivity contribution in [3.8, 4) is 11.3 Å². The molecule has 8 heteroatoms. The van der Waals surface area contributed by atoms with Crippen LogP contribution in [0.25, 0.3) is 11.3 Å². The molecule has 3 aromatic rings. The van der Waals surface area contributed by atoms with E-state index < -0.39 is 5.97 Å². The number of carbonyl (C=O) groups is 3. The van der Waals surface area contributed by atoms with E-state index in [0.717, 1.165) is 0 Å². The highest BCUT2D eigenvalue weighted by Crippen LogP contribution is 2.23. The van der Waals surface area contributed by atoms with E-state index in [-0.39, 0.29) is 29.9 Å². The summed E-state index contributed by atoms with van der Waals surface area (Å²) in [4.78, 5) is 39.9. The fourth-order valence-electron chi connectivity index (χ4n) is 3.78. The molecular weight excluding hydrogens is 439 g/mol. The number of nitrogens with zero attached hydrogens (tertiary/aromatic N) is 2. The van der Waals surface area contributed by atoms with Gasteiger partial charge in [-0.25, -0.2) is 9.18 Å². The maximum absolute atomic E-state index is 13.8. The van der Waals surface area contributed by atoms with Gasteiger partial charge in [0.05, 0.1) is 0 Å². The number of Topliss-reactive ketones (excluding diaryl/α,β-unsaturated/α-hetero) is 1. The topological polar surface area (TPSA) is 80.1 Å². The molecule has 0 aliphatic carbocycles. The van der Waals surface area contributed by atoms with Crippen molar-refractivity contribution in [1.29, 1.82) is 0 Å². The number of esters is 1. The Hall–Kier alpha value is -3.78. The van der Waals surface area contributed by atoms with Gasteiger partial charge in [-0.05, 0) is 25.1 Å². The number of furan rings is 1. The van der Waals surface area contributed by atoms with Crippen molar-refractivity contribution in [2.24, 2.45) is 0 Å². The average molecular weight is 464 g/mol. The van der Waals surface area contributed by atoms with Crippen molar-refractivity contribution in [2.75, 3.05) is 32.8 Å². The lowest BCUT2D eigenvalue weighted by atomic mass is 10.1. The van der Waals surface area contributed by atoms with E-state index in [0.29, 0.717) is 55.2 Å². The second-order valence-electron chi connectivity index (χ2n) is 8.12. The van der Waals surface area contributed by atoms with E-state index in [9.17, 15) is 18.8 Å². The number of rotatable bonds is 7. The Morgan fingerprint density at radius 2 is 1.65 bits per heavy atom. The van der Waals surface area contributed by atoms with Gasteiger partial charge in [0.1, 0.15) is 11.6 Å². The zero-order valence-corrected chi connectivity index (χ0v) is 18.8. The minimum atomic E-state index is -0.724. The van der Waals surface area contributed by atoms with E-state index in [1.807, 2.05) is 0 Å². The van der Waals surface area contributed by atoms with Gasteiger partial charge in [0.2, 0.25) is 5.76 Å². The Labute approximate surface area is 196 Å². The summed E-state index contributed by atoms with van der Waals surface area (Å²) >= 11 is 0. The van der Waals surface area contributed by atoms with Gasteiger partial charge in [-0.15, -0.1) is 0 Å². The molecule has 1 amide bonds. The van der Waals surface area contributed by atoms with Crippen molar-refractivity contribution in [2.45, 2.75) is 13.5 Å². The highest BCUT2D eigenvalue weighted by molar-refractivity contribution is 5.94. The summed E-state index contributed by atoms with van der Waals surface area (Å²) < 4.78 is 24.6. The maximum Gasteiger partial charge on any atom is 0.374 e. The molecule has 1 aromatic heterocycles. The Balaban J connectivity index is 1.25. The highest BCUT2D eigenvalue weighted by Gasteiger charge is 2.23. The van der Waals surface area contributed by atoms with Crippen LogP contribution in [0.3, 0.4) is 0 Å². The van der Waals surface area contributed by atoms with Crippen LogP contribution < -0.4 is 0 Å². The Morgan fingerprint density at radius 3 is 2.32 bits per heavy atom. The van der Waals surface area contributed by atoms with Crippen molar-refractivity contribution in [3.05, 3.63) is 83.4 Å². The third kappa shape index (κ3) is 5.58. The minimum absolute atomic E-state index is 0.00634. The van der Waals surface area contributed by atoms with E-state index >= 15 is 0 Å². The van der Waals surface area contributed by atoms with E-state index in [2.05, 4.69) is 4.90 Å². The summed E-state index contributed by atoms with van der Waals surface area (Å²) in [5, 5.41) is 0. The lowest BCUT2D eigenvalue weighted by Crippen LogP contribution is -2.49. The van der Waals surface area contributed by atoms with Crippen molar-refractivity contribution >= 4 is 17.7 Å². The van der Waals surface area contributed by atoms with E-state index in [1.54, 1.807) is 53.4 Å². The van der Waals surface area contributed by atoms with Crippen molar-refractivity contribution < 1.29 is 27.9 Å². The zero-order chi connectivity index (χ0) is 24.1. The standard InChI is InChI=1S/C26H25FN2O5/c1-18(30)19-6-8-20(9-7-19)23-10-11-24(34-23)26(32)33-17-25(31)29-14-12-28(13-15-29)16-21-4-2-3-5-22(21)27/h2-11H,12-17H2,1H3. The molecule has 34 heavy (non-hydrogen) atoms. The van der Waals surface area contributed by atoms with Gasteiger partial charge in [0, 0.05) is 49.4 Å². The predicted molar refractivity (Wildman–Crippen MR) is 123 cm³/mol. The number of ether oxygens (including phenoxy) is 1. The SMILES string of the molecule is CC(=O)c1ccc(-c2ccc(C(=O)OCC(=O)N3CCN(Cc4ccccc4F)CC3)o2)cc1. The molecule has 2 heterocycles. The number of amides is 1. The molecule has 2 aromatic carbocycles. The molecule has 4 rings (SSSR count). The molecule has 1 fully saturated rings. The Kier molecular flexibility index (Phi) is 7.18. The average Bonchev–Trinajstić information content (AvgIpc) is 3.35. The molecule has 0 saturated carbocycles. The molecule has 7 nitrogen and oxygen atoms in total. The molecule has 1 saturated heterocycles. The minimum Gasteiger partial charge on any atom is -0.450 e. The number of carbonyl (C=O) groups excluding carboxylic acids is 3. The first-order valence-corrected chi connectivity index (χ1v) is 11.0. The van der Waals surface area contributed by atoms with Crippen LogP contribution >= 0.6 is 0 Å². The van der Waals surface area contributed by atoms with Crippen LogP contribution in [0, 0.1) is 5.82 Å². The summed E-state index contributed by atoms with van der Waals surface area (Å²) in [6.07, 6.45) is 0. The summed E-state index contributed by atoms with van der Waals surface area (Å²) in [5.74, 6) is -0.829. The van der Waals surface area contributed by atoms with Crippen LogP contribution in [0.15, 0.2) is 65.1 Å². The molecule has 0 unspecified atom stereocenters. The van der Waals surface area contributed by atoms with Gasteiger partial charge < -0.3 is 14.1 Å². The first kappa shape index (κ1) is 23.4. The molecule has 1 aliphatic rings. The van der Waals surface area contributed by atoms with Gasteiger partial charge in [0.25, 0.3) is 5.91 Å². The summed E-state index contributed by atoms with van der Waals surface area (Å²) in [7, 11) is 0. The van der Waals surface area contributed by atoms with Gasteiger partial charge in [-0.1, -0.05) is 42.5 Å². The van der Waals surface area contributed by atoms with Crippen LogP contribution in [-0.2, 0) is 16.1 Å². The monoisotopic (exact) mass is 464 g/mol. The fourth-order valence-corrected chi connectivity index (χ4v) is 3.78. The van der Waals surface area contributed by atoms with Crippen LogP contribution in [-0.4, -0.2) is 60.2 Å². The fraction of sp³-hybridized carbons (Fsp3) is 0.269. The first-order valence-electron chi connectivity index (χ1n) is 11.0. The third-order valence-electron chi connectivity index (χ3n) is 5.79. The largest absolute Gasteiger partial charge is 0.450 e. The Bertz CT molecular complexity index is 1180. The lowest BCUT2D eigenvalue weighted by Gasteiger charge is -2.34. The maximum atomic E-state index is 13.8. The number of halogens is 1. The highest BCUT2D eigenvalue weighted by atomic mass is 19.1. The summed E-state index contributed by atoms with van der Waals surface area (Å²) in [6, 6.07) is 16.6. The molecule has 176 valence electrons. The van der Waals surface area contributed by atoms with Gasteiger partial charge in [0.15, 0.2) is 12.4 Å². The van der Waals surface area contributed by atoms with Crippen LogP contribution in [0.4, 0.5) is 4.39 Å². The number of ketones is 1. The van der Waals surface area contributed by atoms with Gasteiger partial charge >= 0.3 is 5.97 Å². The summed E-state index contributed by atoms with van der Waals surface area (Å²) in [5.41, 5.74) is 1.93. The summed E-state index contributed by atoms with van der Waals surface area (Å²) in [6.45, 7) is 3.77. The predicted octanol–water partition coefficient (Wildman–Crippen LogP) is 3.79. The Morgan fingerprint density at radius 1 is 0.941 bits per heavy atom. The number of hydrogen-bond acceptors (Lipinski definition) is 6. The van der Waals surface area contributed by atoms with Crippen LogP contribution in [0.5, 0.6) is 0 Å². The number of piperazine rings is 1. The van der Waals surface area contributed by atoms with Crippen molar-refractivity contribution in [1.82, 2.24) is 9.80 Å². The number of hydrogen-bond donors (Lipinski definition) is 0. The molecule has 0 bridgehead atoms. The smallest absolute Gasteiger partial charge is 0.374 e. The van der Waals surface area contributed by atoms with Crippen LogP contribution in [0.2, 0.25) is 0 Å². The molecule has 0 N–H and O–H groups in total. The number of benzene rings is 2. The first-order chi connectivity index (χ1) is 16.4. The second kappa shape index (κ2) is 10.4. The normalized spacial score (nSPS) is 14.1. The zero-order valence-electron chi connectivity index (χ0n) is 18.8. The van der Waals surface area contributed by atoms with Crippen molar-refractivity contribution in [3.63, 3.8) is 0 Å². The van der Waals surface area contributed by atoms with E-state index in [1.165, 1.54) is 19.1 Å².